The molecule has 2 N–H and O–H groups in total. The second kappa shape index (κ2) is 6.42. The topological polar surface area (TPSA) is 49.6 Å². The van der Waals surface area contributed by atoms with Crippen molar-refractivity contribution in [3.8, 4) is 0 Å². The van der Waals surface area contributed by atoms with Gasteiger partial charge in [-0.05, 0) is 48.6 Å². The Balaban J connectivity index is 1.96. The van der Waals surface area contributed by atoms with Gasteiger partial charge in [0.2, 0.25) is 0 Å². The molecule has 3 rings (SSSR count). The maximum atomic E-state index is 13.1. The lowest BCUT2D eigenvalue weighted by molar-refractivity contribution is 0.0807. The van der Waals surface area contributed by atoms with Crippen LogP contribution in [0.2, 0.25) is 0 Å². The van der Waals surface area contributed by atoms with E-state index in [4.69, 9.17) is 5.73 Å². The molecule has 2 aliphatic heterocycles. The Bertz CT molecular complexity index is 715. The summed E-state index contributed by atoms with van der Waals surface area (Å²) in [5, 5.41) is 0. The van der Waals surface area contributed by atoms with Crippen molar-refractivity contribution < 1.29 is 4.79 Å². The first kappa shape index (κ1) is 15.6. The molecular weight excluding hydrogens is 286 g/mol. The highest BCUT2D eigenvalue weighted by molar-refractivity contribution is 5.97. The molecule has 2 aliphatic rings. The second-order valence-electron chi connectivity index (χ2n) is 6.11. The van der Waals surface area contributed by atoms with E-state index >= 15 is 0 Å². The van der Waals surface area contributed by atoms with Crippen LogP contribution in [0.5, 0.6) is 0 Å². The number of nitrogens with two attached hydrogens (primary N) is 1. The summed E-state index contributed by atoms with van der Waals surface area (Å²) in [5.41, 5.74) is 10.6. The largest absolute Gasteiger partial charge is 0.355 e. The van der Waals surface area contributed by atoms with Gasteiger partial charge in [0, 0.05) is 38.1 Å². The van der Waals surface area contributed by atoms with Crippen LogP contribution >= 0.6 is 0 Å². The number of fused-ring (bicyclic) bond motifs is 1. The van der Waals surface area contributed by atoms with E-state index in [2.05, 4.69) is 12.2 Å². The molecular formula is C19H23N3O. The first-order valence-corrected chi connectivity index (χ1v) is 8.04. The molecule has 0 spiro atoms. The molecule has 0 fully saturated rings. The van der Waals surface area contributed by atoms with Gasteiger partial charge in [0.05, 0.1) is 5.70 Å². The summed E-state index contributed by atoms with van der Waals surface area (Å²) >= 11 is 0. The highest BCUT2D eigenvalue weighted by Gasteiger charge is 2.25. The fourth-order valence-electron chi connectivity index (χ4n) is 3.07. The lowest BCUT2D eigenvalue weighted by Crippen LogP contribution is -2.33. The van der Waals surface area contributed by atoms with Gasteiger partial charge in [-0.15, -0.1) is 0 Å². The van der Waals surface area contributed by atoms with Gasteiger partial charge in [0.15, 0.2) is 0 Å². The summed E-state index contributed by atoms with van der Waals surface area (Å²) in [6.45, 7) is 3.21. The van der Waals surface area contributed by atoms with Crippen molar-refractivity contribution in [1.29, 1.82) is 0 Å². The summed E-state index contributed by atoms with van der Waals surface area (Å²) in [6.07, 6.45) is 10.3. The summed E-state index contributed by atoms with van der Waals surface area (Å²) in [4.78, 5) is 17.0. The molecule has 1 aromatic rings. The van der Waals surface area contributed by atoms with Crippen LogP contribution < -0.4 is 5.73 Å². The van der Waals surface area contributed by atoms with Crippen molar-refractivity contribution in [2.24, 2.45) is 5.73 Å². The molecule has 0 bridgehead atoms. The number of carbonyl (C=O) groups excluding carboxylic acids is 1. The summed E-state index contributed by atoms with van der Waals surface area (Å²) in [7, 11) is 1.98. The van der Waals surface area contributed by atoms with Gasteiger partial charge in [-0.3, -0.25) is 4.79 Å². The molecule has 0 saturated heterocycles. The zero-order valence-corrected chi connectivity index (χ0v) is 13.7. The van der Waals surface area contributed by atoms with Crippen LogP contribution in [0.1, 0.15) is 34.3 Å². The van der Waals surface area contributed by atoms with E-state index in [9.17, 15) is 4.79 Å². The summed E-state index contributed by atoms with van der Waals surface area (Å²) in [5.74, 6) is 0.0637. The molecule has 4 heteroatoms. The lowest BCUT2D eigenvalue weighted by atomic mass is 10.0. The van der Waals surface area contributed by atoms with Gasteiger partial charge < -0.3 is 15.5 Å². The molecule has 0 saturated carbocycles. The fourth-order valence-corrected chi connectivity index (χ4v) is 3.07. The number of benzene rings is 1. The van der Waals surface area contributed by atoms with E-state index in [1.807, 2.05) is 54.4 Å². The molecule has 0 radical (unpaired) electrons. The number of hydrogen-bond donors (Lipinski definition) is 1. The first-order valence-electron chi connectivity index (χ1n) is 8.04. The Morgan fingerprint density at radius 2 is 2.17 bits per heavy atom. The smallest absolute Gasteiger partial charge is 0.258 e. The van der Waals surface area contributed by atoms with Crippen molar-refractivity contribution >= 4 is 5.91 Å². The molecule has 0 aromatic heterocycles. The third-order valence-electron chi connectivity index (χ3n) is 4.35. The van der Waals surface area contributed by atoms with Gasteiger partial charge in [0.1, 0.15) is 0 Å². The second-order valence-corrected chi connectivity index (χ2v) is 6.11. The predicted molar refractivity (Wildman–Crippen MR) is 92.4 cm³/mol. The zero-order chi connectivity index (χ0) is 16.4. The maximum Gasteiger partial charge on any atom is 0.258 e. The van der Waals surface area contributed by atoms with Crippen molar-refractivity contribution in [2.75, 3.05) is 13.6 Å². The van der Waals surface area contributed by atoms with Crippen molar-refractivity contribution in [1.82, 2.24) is 9.80 Å². The molecule has 0 unspecified atom stereocenters. The lowest BCUT2D eigenvalue weighted by Gasteiger charge is -2.29. The number of hydrogen-bond acceptors (Lipinski definition) is 3. The molecule has 1 aromatic carbocycles. The Hall–Kier alpha value is -2.33. The minimum Gasteiger partial charge on any atom is -0.355 e. The highest BCUT2D eigenvalue weighted by atomic mass is 16.2. The monoisotopic (exact) mass is 309 g/mol. The standard InChI is InChI=1S/C19H23N3O/c1-14-11-15(12-20)6-7-17(14)19(23)22-9-4-3-5-16-8-10-21(2)13-18(16)22/h5-8,10-11,13H,3-4,9,12,20H2,1-2H3. The number of rotatable bonds is 2. The van der Waals surface area contributed by atoms with Crippen LogP contribution in [0.4, 0.5) is 0 Å². The van der Waals surface area contributed by atoms with Gasteiger partial charge >= 0.3 is 0 Å². The Labute approximate surface area is 137 Å². The number of carbonyl (C=O) groups is 1. The molecule has 1 amide bonds. The van der Waals surface area contributed by atoms with Gasteiger partial charge in [-0.25, -0.2) is 0 Å². The van der Waals surface area contributed by atoms with Crippen molar-refractivity contribution in [2.45, 2.75) is 26.3 Å². The van der Waals surface area contributed by atoms with Crippen molar-refractivity contribution in [3.05, 3.63) is 70.7 Å². The predicted octanol–water partition coefficient (Wildman–Crippen LogP) is 2.92. The molecule has 0 atom stereocenters. The number of allylic oxidation sites excluding steroid dienone is 2. The van der Waals surface area contributed by atoms with Gasteiger partial charge in [-0.2, -0.15) is 0 Å². The maximum absolute atomic E-state index is 13.1. The minimum absolute atomic E-state index is 0.0637. The normalized spacial score (nSPS) is 17.3. The first-order chi connectivity index (χ1) is 11.1. The van der Waals surface area contributed by atoms with Crippen LogP contribution in [0.25, 0.3) is 0 Å². The number of amides is 1. The third kappa shape index (κ3) is 3.08. The molecule has 120 valence electrons. The van der Waals surface area contributed by atoms with Crippen molar-refractivity contribution in [3.63, 3.8) is 0 Å². The van der Waals surface area contributed by atoms with Crippen LogP contribution in [0, 0.1) is 6.92 Å². The molecule has 4 nitrogen and oxygen atoms in total. The van der Waals surface area contributed by atoms with Crippen LogP contribution in [0.3, 0.4) is 0 Å². The molecule has 23 heavy (non-hydrogen) atoms. The highest BCUT2D eigenvalue weighted by Crippen LogP contribution is 2.28. The van der Waals surface area contributed by atoms with E-state index in [0.717, 1.165) is 47.3 Å². The summed E-state index contributed by atoms with van der Waals surface area (Å²) < 4.78 is 0. The van der Waals surface area contributed by atoms with Gasteiger partial charge in [0.25, 0.3) is 5.91 Å². The quantitative estimate of drug-likeness (QED) is 0.914. The SMILES string of the molecule is Cc1cc(CN)ccc1C(=O)N1CCCC=C2C=CN(C)C=C21. The average molecular weight is 309 g/mol. The molecule has 0 aliphatic carbocycles. The third-order valence-corrected chi connectivity index (χ3v) is 4.35. The number of aryl methyl sites for hydroxylation is 1. The van der Waals surface area contributed by atoms with E-state index < -0.39 is 0 Å². The average Bonchev–Trinajstić information content (AvgIpc) is 2.76. The fraction of sp³-hybridized carbons (Fsp3) is 0.316. The van der Waals surface area contributed by atoms with Crippen LogP contribution in [-0.2, 0) is 6.54 Å². The van der Waals surface area contributed by atoms with Crippen LogP contribution in [-0.4, -0.2) is 29.3 Å². The Kier molecular flexibility index (Phi) is 4.35. The summed E-state index contributed by atoms with van der Waals surface area (Å²) in [6, 6.07) is 5.84. The molecule has 2 heterocycles. The number of nitrogens with zero attached hydrogens (tertiary/aromatic N) is 2. The zero-order valence-electron chi connectivity index (χ0n) is 13.7. The van der Waals surface area contributed by atoms with E-state index in [1.165, 1.54) is 0 Å². The van der Waals surface area contributed by atoms with E-state index in [1.54, 1.807) is 0 Å². The Morgan fingerprint density at radius 1 is 1.35 bits per heavy atom. The van der Waals surface area contributed by atoms with Gasteiger partial charge in [-0.1, -0.05) is 18.2 Å². The Morgan fingerprint density at radius 3 is 2.91 bits per heavy atom. The minimum atomic E-state index is 0.0637. The van der Waals surface area contributed by atoms with E-state index in [-0.39, 0.29) is 5.91 Å². The van der Waals surface area contributed by atoms with Crippen LogP contribution in [0.15, 0.2) is 54.0 Å². The van der Waals surface area contributed by atoms with E-state index in [0.29, 0.717) is 6.54 Å².